The van der Waals surface area contributed by atoms with Crippen LogP contribution in [0.2, 0.25) is 0 Å². The van der Waals surface area contributed by atoms with Gasteiger partial charge in [-0.3, -0.25) is 9.59 Å². The molecule has 5 heteroatoms. The molecule has 0 aliphatic carbocycles. The predicted octanol–water partition coefficient (Wildman–Crippen LogP) is 3.95. The molecule has 0 aromatic carbocycles. The molecule has 0 radical (unpaired) electrons. The highest BCUT2D eigenvalue weighted by molar-refractivity contribution is 5.82. The van der Waals surface area contributed by atoms with E-state index in [4.69, 9.17) is 5.73 Å². The second-order valence-corrected chi connectivity index (χ2v) is 7.55. The van der Waals surface area contributed by atoms with Crippen molar-refractivity contribution in [1.29, 1.82) is 0 Å². The number of nitrogens with zero attached hydrogens (tertiary/aromatic N) is 2. The molecular weight excluding hydrogens is 326 g/mol. The third-order valence-electron chi connectivity index (χ3n) is 4.98. The van der Waals surface area contributed by atoms with Crippen molar-refractivity contribution < 1.29 is 9.59 Å². The smallest absolute Gasteiger partial charge is 0.239 e. The van der Waals surface area contributed by atoms with Crippen molar-refractivity contribution in [3.63, 3.8) is 0 Å². The van der Waals surface area contributed by atoms with Gasteiger partial charge in [-0.1, -0.05) is 65.2 Å². The molecular formula is C21H43N3O2. The monoisotopic (exact) mass is 369 g/mol. The standard InChI is InChI=1S/C21H43N3O2/c1-5-7-9-11-13-17-23(3)20(25)16-15-19(22)21(26)24(4)18-14-12-10-8-6-2/h19H,5-18,22H2,1-4H3. The SMILES string of the molecule is CCCCCCCN(C)C(=O)CCC(N)C(=O)N(C)CCCCCCC. The van der Waals surface area contributed by atoms with Gasteiger partial charge in [-0.25, -0.2) is 0 Å². The van der Waals surface area contributed by atoms with E-state index in [0.29, 0.717) is 12.8 Å². The number of rotatable bonds is 16. The third kappa shape index (κ3) is 12.3. The number of unbranched alkanes of at least 4 members (excludes halogenated alkanes) is 8. The molecule has 0 rings (SSSR count). The lowest BCUT2D eigenvalue weighted by molar-refractivity contribution is -0.132. The van der Waals surface area contributed by atoms with Crippen molar-refractivity contribution in [2.75, 3.05) is 27.2 Å². The van der Waals surface area contributed by atoms with Gasteiger partial charge < -0.3 is 15.5 Å². The van der Waals surface area contributed by atoms with Crippen LogP contribution in [0.15, 0.2) is 0 Å². The highest BCUT2D eigenvalue weighted by Gasteiger charge is 2.19. The van der Waals surface area contributed by atoms with E-state index in [2.05, 4.69) is 13.8 Å². The summed E-state index contributed by atoms with van der Waals surface area (Å²) in [5, 5.41) is 0. The second kappa shape index (κ2) is 16.1. The van der Waals surface area contributed by atoms with Gasteiger partial charge in [0.05, 0.1) is 6.04 Å². The molecule has 0 saturated heterocycles. The molecule has 0 fully saturated rings. The molecule has 1 unspecified atom stereocenters. The molecule has 0 saturated carbocycles. The van der Waals surface area contributed by atoms with Gasteiger partial charge in [0.1, 0.15) is 0 Å². The fraction of sp³-hybridized carbons (Fsp3) is 0.905. The fourth-order valence-electron chi connectivity index (χ4n) is 3.02. The van der Waals surface area contributed by atoms with Crippen molar-refractivity contribution in [2.45, 2.75) is 96.9 Å². The van der Waals surface area contributed by atoms with Crippen LogP contribution in [-0.2, 0) is 9.59 Å². The quantitative estimate of drug-likeness (QED) is 0.419. The summed E-state index contributed by atoms with van der Waals surface area (Å²) in [5.74, 6) is 0.0430. The molecule has 0 heterocycles. The highest BCUT2D eigenvalue weighted by Crippen LogP contribution is 2.07. The maximum Gasteiger partial charge on any atom is 0.239 e. The first kappa shape index (κ1) is 24.9. The highest BCUT2D eigenvalue weighted by atomic mass is 16.2. The van der Waals surface area contributed by atoms with Gasteiger partial charge in [0.25, 0.3) is 0 Å². The molecule has 1 atom stereocenters. The minimum atomic E-state index is -0.572. The minimum absolute atomic E-state index is 0.0458. The maximum atomic E-state index is 12.3. The van der Waals surface area contributed by atoms with E-state index in [1.54, 1.807) is 9.80 Å². The Morgan fingerprint density at radius 1 is 0.769 bits per heavy atom. The molecule has 0 bridgehead atoms. The van der Waals surface area contributed by atoms with Gasteiger partial charge in [0.15, 0.2) is 0 Å². The van der Waals surface area contributed by atoms with E-state index in [0.717, 1.165) is 32.4 Å². The molecule has 0 aliphatic rings. The normalized spacial score (nSPS) is 12.0. The van der Waals surface area contributed by atoms with E-state index in [9.17, 15) is 9.59 Å². The first-order valence-electron chi connectivity index (χ1n) is 10.7. The van der Waals surface area contributed by atoms with Crippen LogP contribution in [-0.4, -0.2) is 54.8 Å². The lowest BCUT2D eigenvalue weighted by atomic mass is 10.1. The largest absolute Gasteiger partial charge is 0.346 e. The third-order valence-corrected chi connectivity index (χ3v) is 4.98. The molecule has 0 aromatic heterocycles. The van der Waals surface area contributed by atoms with E-state index < -0.39 is 6.04 Å². The molecule has 0 aliphatic heterocycles. The van der Waals surface area contributed by atoms with Crippen LogP contribution in [0.5, 0.6) is 0 Å². The zero-order chi connectivity index (χ0) is 19.8. The van der Waals surface area contributed by atoms with Crippen LogP contribution in [0.1, 0.15) is 90.9 Å². The van der Waals surface area contributed by atoms with Crippen molar-refractivity contribution in [2.24, 2.45) is 5.73 Å². The van der Waals surface area contributed by atoms with Gasteiger partial charge in [-0.15, -0.1) is 0 Å². The van der Waals surface area contributed by atoms with Gasteiger partial charge in [-0.05, 0) is 19.3 Å². The first-order valence-corrected chi connectivity index (χ1v) is 10.7. The average molecular weight is 370 g/mol. The number of hydrogen-bond donors (Lipinski definition) is 1. The van der Waals surface area contributed by atoms with Gasteiger partial charge >= 0.3 is 0 Å². The van der Waals surface area contributed by atoms with Crippen LogP contribution >= 0.6 is 0 Å². The number of amides is 2. The Kier molecular flexibility index (Phi) is 15.4. The summed E-state index contributed by atoms with van der Waals surface area (Å²) < 4.78 is 0. The lowest BCUT2D eigenvalue weighted by Crippen LogP contribution is -2.43. The van der Waals surface area contributed by atoms with Crippen molar-refractivity contribution in [1.82, 2.24) is 9.80 Å². The molecule has 5 nitrogen and oxygen atoms in total. The fourth-order valence-corrected chi connectivity index (χ4v) is 3.02. The molecule has 2 N–H and O–H groups in total. The van der Waals surface area contributed by atoms with Crippen LogP contribution in [0.25, 0.3) is 0 Å². The molecule has 2 amide bonds. The average Bonchev–Trinajstić information content (AvgIpc) is 2.64. The van der Waals surface area contributed by atoms with E-state index in [-0.39, 0.29) is 11.8 Å². The van der Waals surface area contributed by atoms with E-state index >= 15 is 0 Å². The van der Waals surface area contributed by atoms with Crippen LogP contribution in [0, 0.1) is 0 Å². The Hall–Kier alpha value is -1.10. The molecule has 0 spiro atoms. The summed E-state index contributed by atoms with van der Waals surface area (Å²) in [6.45, 7) is 5.94. The Morgan fingerprint density at radius 3 is 1.73 bits per heavy atom. The zero-order valence-corrected chi connectivity index (χ0v) is 17.8. The predicted molar refractivity (Wildman–Crippen MR) is 110 cm³/mol. The summed E-state index contributed by atoms with van der Waals surface area (Å²) in [6.07, 6.45) is 12.6. The first-order chi connectivity index (χ1) is 12.4. The number of likely N-dealkylation sites (N-methyl/N-ethyl adjacent to an activating group) is 1. The second-order valence-electron chi connectivity index (χ2n) is 7.55. The molecule has 26 heavy (non-hydrogen) atoms. The molecule has 154 valence electrons. The lowest BCUT2D eigenvalue weighted by Gasteiger charge is -2.22. The topological polar surface area (TPSA) is 66.6 Å². The summed E-state index contributed by atoms with van der Waals surface area (Å²) in [6, 6.07) is -0.572. The summed E-state index contributed by atoms with van der Waals surface area (Å²) in [5.41, 5.74) is 6.01. The van der Waals surface area contributed by atoms with Crippen molar-refractivity contribution in [3.8, 4) is 0 Å². The Balaban J connectivity index is 3.93. The van der Waals surface area contributed by atoms with E-state index in [1.807, 2.05) is 14.1 Å². The van der Waals surface area contributed by atoms with Gasteiger partial charge in [0.2, 0.25) is 11.8 Å². The summed E-state index contributed by atoms with van der Waals surface area (Å²) >= 11 is 0. The van der Waals surface area contributed by atoms with Crippen LogP contribution in [0.4, 0.5) is 0 Å². The number of carbonyl (C=O) groups is 2. The number of nitrogens with two attached hydrogens (primary N) is 1. The maximum absolute atomic E-state index is 12.3. The van der Waals surface area contributed by atoms with E-state index in [1.165, 1.54) is 44.9 Å². The van der Waals surface area contributed by atoms with Crippen LogP contribution in [0.3, 0.4) is 0 Å². The Morgan fingerprint density at radius 2 is 1.23 bits per heavy atom. The van der Waals surface area contributed by atoms with Crippen LogP contribution < -0.4 is 5.73 Å². The number of hydrogen-bond acceptors (Lipinski definition) is 3. The minimum Gasteiger partial charge on any atom is -0.346 e. The summed E-state index contributed by atoms with van der Waals surface area (Å²) in [7, 11) is 3.66. The molecule has 0 aromatic rings. The number of carbonyl (C=O) groups excluding carboxylic acids is 2. The van der Waals surface area contributed by atoms with Crippen molar-refractivity contribution in [3.05, 3.63) is 0 Å². The summed E-state index contributed by atoms with van der Waals surface area (Å²) in [4.78, 5) is 28.0. The van der Waals surface area contributed by atoms with Gasteiger partial charge in [-0.2, -0.15) is 0 Å². The zero-order valence-electron chi connectivity index (χ0n) is 17.8. The van der Waals surface area contributed by atoms with Crippen molar-refractivity contribution >= 4 is 11.8 Å². The Labute approximate surface area is 161 Å². The Bertz CT molecular complexity index is 374. The van der Waals surface area contributed by atoms with Gasteiger partial charge in [0, 0.05) is 33.6 Å².